The number of nitrogens with zero attached hydrogens (tertiary/aromatic N) is 1. The summed E-state index contributed by atoms with van der Waals surface area (Å²) in [7, 11) is 0. The van der Waals surface area contributed by atoms with Crippen LogP contribution in [0.25, 0.3) is 11.1 Å². The van der Waals surface area contributed by atoms with Gasteiger partial charge in [0.15, 0.2) is 0 Å². The average molecular weight is 365 g/mol. The summed E-state index contributed by atoms with van der Waals surface area (Å²) in [5, 5.41) is 0. The summed E-state index contributed by atoms with van der Waals surface area (Å²) in [5.41, 5.74) is 4.14. The molecule has 142 valence electrons. The van der Waals surface area contributed by atoms with Gasteiger partial charge in [0.25, 0.3) is 5.91 Å². The first-order valence-electron chi connectivity index (χ1n) is 10.0. The van der Waals surface area contributed by atoms with Gasteiger partial charge in [-0.25, -0.2) is 0 Å². The second-order valence-corrected chi connectivity index (χ2v) is 7.39. The maximum atomic E-state index is 13.0. The van der Waals surface area contributed by atoms with E-state index in [9.17, 15) is 4.79 Å². The summed E-state index contributed by atoms with van der Waals surface area (Å²) in [5.74, 6) is 1.07. The van der Waals surface area contributed by atoms with Crippen LogP contribution in [-0.4, -0.2) is 43.2 Å². The molecule has 2 heterocycles. The third kappa shape index (κ3) is 4.01. The Bertz CT molecular complexity index is 817. The number of carbonyl (C=O) groups excluding carboxylic acids is 1. The van der Waals surface area contributed by atoms with Gasteiger partial charge < -0.3 is 14.4 Å². The highest BCUT2D eigenvalue weighted by molar-refractivity contribution is 5.95. The van der Waals surface area contributed by atoms with Crippen molar-refractivity contribution in [2.24, 2.45) is 0 Å². The average Bonchev–Trinajstić information content (AvgIpc) is 3.20. The molecular formula is C23H27NO3. The Morgan fingerprint density at radius 2 is 2.11 bits per heavy atom. The van der Waals surface area contributed by atoms with E-state index in [-0.39, 0.29) is 12.0 Å². The number of likely N-dealkylation sites (tertiary alicyclic amines) is 1. The lowest BCUT2D eigenvalue weighted by atomic mass is 10.00. The minimum absolute atomic E-state index is 0.0964. The molecule has 4 heteroatoms. The molecule has 1 fully saturated rings. The molecule has 27 heavy (non-hydrogen) atoms. The lowest BCUT2D eigenvalue weighted by molar-refractivity contribution is 0.00211. The first-order chi connectivity index (χ1) is 13.2. The quantitative estimate of drug-likeness (QED) is 0.792. The van der Waals surface area contributed by atoms with Gasteiger partial charge in [0, 0.05) is 31.7 Å². The van der Waals surface area contributed by atoms with Gasteiger partial charge in [0.05, 0.1) is 12.7 Å². The molecule has 0 aromatic heterocycles. The predicted octanol–water partition coefficient (Wildman–Crippen LogP) is 4.32. The molecule has 4 nitrogen and oxygen atoms in total. The zero-order chi connectivity index (χ0) is 18.6. The number of ether oxygens (including phenoxy) is 2. The summed E-state index contributed by atoms with van der Waals surface area (Å²) in [4.78, 5) is 15.0. The summed E-state index contributed by atoms with van der Waals surface area (Å²) in [6, 6.07) is 14.3. The van der Waals surface area contributed by atoms with Gasteiger partial charge in [-0.05, 0) is 54.2 Å². The van der Waals surface area contributed by atoms with Crippen molar-refractivity contribution in [1.82, 2.24) is 4.90 Å². The smallest absolute Gasteiger partial charge is 0.253 e. The molecule has 2 aromatic carbocycles. The molecule has 1 amide bonds. The Morgan fingerprint density at radius 1 is 1.22 bits per heavy atom. The van der Waals surface area contributed by atoms with Crippen LogP contribution < -0.4 is 4.74 Å². The van der Waals surface area contributed by atoms with Crippen molar-refractivity contribution in [3.8, 4) is 16.9 Å². The third-order valence-corrected chi connectivity index (χ3v) is 5.36. The van der Waals surface area contributed by atoms with Gasteiger partial charge >= 0.3 is 0 Å². The second kappa shape index (κ2) is 8.13. The highest BCUT2D eigenvalue weighted by Gasteiger charge is 2.25. The van der Waals surface area contributed by atoms with Crippen LogP contribution in [-0.2, 0) is 11.2 Å². The van der Waals surface area contributed by atoms with Crippen molar-refractivity contribution in [1.29, 1.82) is 0 Å². The summed E-state index contributed by atoms with van der Waals surface area (Å²) >= 11 is 0. The summed E-state index contributed by atoms with van der Waals surface area (Å²) < 4.78 is 11.6. The molecule has 0 saturated carbocycles. The van der Waals surface area contributed by atoms with Crippen molar-refractivity contribution < 1.29 is 14.3 Å². The van der Waals surface area contributed by atoms with E-state index in [1.54, 1.807) is 0 Å². The first kappa shape index (κ1) is 18.1. The van der Waals surface area contributed by atoms with Crippen molar-refractivity contribution in [3.63, 3.8) is 0 Å². The molecule has 1 unspecified atom stereocenters. The van der Waals surface area contributed by atoms with Gasteiger partial charge in [-0.1, -0.05) is 31.2 Å². The fourth-order valence-corrected chi connectivity index (χ4v) is 3.90. The van der Waals surface area contributed by atoms with E-state index in [1.165, 1.54) is 5.56 Å². The minimum Gasteiger partial charge on any atom is -0.493 e. The molecule has 2 aliphatic heterocycles. The number of rotatable bonds is 5. The number of benzene rings is 2. The van der Waals surface area contributed by atoms with E-state index in [0.717, 1.165) is 67.9 Å². The van der Waals surface area contributed by atoms with Crippen LogP contribution >= 0.6 is 0 Å². The van der Waals surface area contributed by atoms with E-state index >= 15 is 0 Å². The Balaban J connectivity index is 1.51. The van der Waals surface area contributed by atoms with E-state index in [2.05, 4.69) is 31.2 Å². The largest absolute Gasteiger partial charge is 0.493 e. The van der Waals surface area contributed by atoms with Gasteiger partial charge in [-0.15, -0.1) is 0 Å². The molecular weight excluding hydrogens is 338 g/mol. The Labute approximate surface area is 161 Å². The second-order valence-electron chi connectivity index (χ2n) is 7.39. The van der Waals surface area contributed by atoms with Gasteiger partial charge in [0.1, 0.15) is 5.75 Å². The van der Waals surface area contributed by atoms with Crippen LogP contribution in [0.1, 0.15) is 42.1 Å². The number of hydrogen-bond acceptors (Lipinski definition) is 3. The maximum absolute atomic E-state index is 13.0. The van der Waals surface area contributed by atoms with Crippen molar-refractivity contribution in [2.75, 3.05) is 26.3 Å². The highest BCUT2D eigenvalue weighted by Crippen LogP contribution is 2.31. The molecule has 1 atom stereocenters. The van der Waals surface area contributed by atoms with Crippen LogP contribution in [0.15, 0.2) is 42.5 Å². The molecule has 0 spiro atoms. The van der Waals surface area contributed by atoms with Crippen LogP contribution in [0, 0.1) is 0 Å². The molecule has 2 aromatic rings. The number of carbonyl (C=O) groups is 1. The molecule has 1 saturated heterocycles. The highest BCUT2D eigenvalue weighted by atomic mass is 16.5. The standard InChI is InChI=1S/C23H27NO3/c1-2-12-26-21-7-4-11-24(16-21)23(25)20-6-3-5-18(14-20)19-9-8-17-10-13-27-22(17)15-19/h3,5-6,8-9,14-15,21H,2,4,7,10-13,16H2,1H3. The third-order valence-electron chi connectivity index (χ3n) is 5.36. The molecule has 0 N–H and O–H groups in total. The summed E-state index contributed by atoms with van der Waals surface area (Å²) in [6.07, 6.45) is 4.20. The number of fused-ring (bicyclic) bond motifs is 1. The number of hydrogen-bond donors (Lipinski definition) is 0. The monoisotopic (exact) mass is 365 g/mol. The zero-order valence-electron chi connectivity index (χ0n) is 15.9. The molecule has 0 bridgehead atoms. The SMILES string of the molecule is CCCOC1CCCN(C(=O)c2cccc(-c3ccc4c(c3)OCC4)c2)C1. The Kier molecular flexibility index (Phi) is 5.44. The van der Waals surface area contributed by atoms with Crippen LogP contribution in [0.4, 0.5) is 0 Å². The van der Waals surface area contributed by atoms with Crippen molar-refractivity contribution >= 4 is 5.91 Å². The van der Waals surface area contributed by atoms with Crippen LogP contribution in [0.2, 0.25) is 0 Å². The van der Waals surface area contributed by atoms with E-state index in [4.69, 9.17) is 9.47 Å². The van der Waals surface area contributed by atoms with E-state index in [1.807, 2.05) is 23.1 Å². The summed E-state index contributed by atoms with van der Waals surface area (Å²) in [6.45, 7) is 5.13. The topological polar surface area (TPSA) is 38.8 Å². The van der Waals surface area contributed by atoms with Gasteiger partial charge in [-0.2, -0.15) is 0 Å². The van der Waals surface area contributed by atoms with E-state index < -0.39 is 0 Å². The zero-order valence-corrected chi connectivity index (χ0v) is 15.9. The number of piperidine rings is 1. The number of amides is 1. The fourth-order valence-electron chi connectivity index (χ4n) is 3.90. The van der Waals surface area contributed by atoms with Gasteiger partial charge in [-0.3, -0.25) is 4.79 Å². The molecule has 4 rings (SSSR count). The first-order valence-corrected chi connectivity index (χ1v) is 10.0. The predicted molar refractivity (Wildman–Crippen MR) is 106 cm³/mol. The van der Waals surface area contributed by atoms with Crippen molar-refractivity contribution in [2.45, 2.75) is 38.7 Å². The Hall–Kier alpha value is -2.33. The van der Waals surface area contributed by atoms with E-state index in [0.29, 0.717) is 6.54 Å². The Morgan fingerprint density at radius 3 is 3.00 bits per heavy atom. The lowest BCUT2D eigenvalue weighted by Crippen LogP contribution is -2.43. The van der Waals surface area contributed by atoms with Crippen molar-refractivity contribution in [3.05, 3.63) is 53.6 Å². The normalized spacial score (nSPS) is 18.9. The molecule has 0 radical (unpaired) electrons. The fraction of sp³-hybridized carbons (Fsp3) is 0.435. The van der Waals surface area contributed by atoms with Crippen LogP contribution in [0.5, 0.6) is 5.75 Å². The maximum Gasteiger partial charge on any atom is 0.253 e. The van der Waals surface area contributed by atoms with Gasteiger partial charge in [0.2, 0.25) is 0 Å². The lowest BCUT2D eigenvalue weighted by Gasteiger charge is -2.32. The molecule has 2 aliphatic rings. The minimum atomic E-state index is 0.0964. The van der Waals surface area contributed by atoms with Crippen LogP contribution in [0.3, 0.4) is 0 Å². The molecule has 0 aliphatic carbocycles.